The number of carbonyl (C=O) groups is 1. The molecule has 33 heavy (non-hydrogen) atoms. The van der Waals surface area contributed by atoms with E-state index in [1.807, 2.05) is 36.4 Å². The van der Waals surface area contributed by atoms with Crippen molar-refractivity contribution >= 4 is 34.2 Å². The van der Waals surface area contributed by atoms with Gasteiger partial charge >= 0.3 is 0 Å². The monoisotopic (exact) mass is 538 g/mol. The zero-order valence-electron chi connectivity index (χ0n) is 19.2. The van der Waals surface area contributed by atoms with Crippen LogP contribution in [0, 0.1) is 0 Å². The maximum atomic E-state index is 13.3. The van der Waals surface area contributed by atoms with Crippen LogP contribution in [-0.4, -0.2) is 68.8 Å². The number of ether oxygens (including phenoxy) is 3. The fourth-order valence-electron chi connectivity index (χ4n) is 4.67. The Kier molecular flexibility index (Phi) is 9.29. The molecule has 2 aliphatic rings. The molecule has 1 unspecified atom stereocenters. The number of piperidine rings is 1. The third-order valence-corrected chi connectivity index (χ3v) is 6.87. The van der Waals surface area contributed by atoms with E-state index in [0.29, 0.717) is 18.1 Å². The molecule has 2 aromatic rings. The number of rotatable bonds is 8. The molecule has 0 aromatic heterocycles. The lowest BCUT2D eigenvalue weighted by atomic mass is 9.94. The van der Waals surface area contributed by atoms with E-state index in [1.54, 1.807) is 14.2 Å². The van der Waals surface area contributed by atoms with Gasteiger partial charge in [-0.1, -0.05) is 15.9 Å². The van der Waals surface area contributed by atoms with Crippen LogP contribution in [0.1, 0.15) is 35.2 Å². The number of methoxy groups -OCH3 is 2. The van der Waals surface area contributed by atoms with Crippen LogP contribution in [0.3, 0.4) is 0 Å². The molecule has 0 aliphatic carbocycles. The van der Waals surface area contributed by atoms with Crippen LogP contribution < -0.4 is 14.2 Å². The van der Waals surface area contributed by atoms with Crippen LogP contribution >= 0.6 is 28.3 Å². The quantitative estimate of drug-likeness (QED) is 0.450. The average molecular weight is 540 g/mol. The molecule has 0 N–H and O–H groups in total. The van der Waals surface area contributed by atoms with Gasteiger partial charge in [0.25, 0.3) is 5.91 Å². The SMILES string of the molecule is COc1cc2c(cc1OC)C(=O)N(C1CCCN(CCCOc3ccc(Br)cc3)C1)CC2.Cl. The number of fused-ring (bicyclic) bond motifs is 1. The predicted octanol–water partition coefficient (Wildman–Crippen LogP) is 4.82. The van der Waals surface area contributed by atoms with E-state index >= 15 is 0 Å². The Labute approximate surface area is 210 Å². The summed E-state index contributed by atoms with van der Waals surface area (Å²) in [5.41, 5.74) is 1.79. The van der Waals surface area contributed by atoms with Crippen LogP contribution in [0.15, 0.2) is 40.9 Å². The molecule has 2 aromatic carbocycles. The van der Waals surface area contributed by atoms with Crippen LogP contribution in [0.2, 0.25) is 0 Å². The first-order valence-electron chi connectivity index (χ1n) is 11.3. The second-order valence-corrected chi connectivity index (χ2v) is 9.28. The van der Waals surface area contributed by atoms with Crippen molar-refractivity contribution in [3.63, 3.8) is 0 Å². The number of likely N-dealkylation sites (tertiary alicyclic amines) is 1. The number of benzene rings is 2. The number of hydrogen-bond donors (Lipinski definition) is 0. The van der Waals surface area contributed by atoms with Crippen molar-refractivity contribution < 1.29 is 19.0 Å². The van der Waals surface area contributed by atoms with Gasteiger partial charge in [0, 0.05) is 35.7 Å². The largest absolute Gasteiger partial charge is 0.494 e. The van der Waals surface area contributed by atoms with Gasteiger partial charge in [-0.3, -0.25) is 4.79 Å². The van der Waals surface area contributed by atoms with Crippen LogP contribution in [0.4, 0.5) is 0 Å². The Morgan fingerprint density at radius 2 is 1.79 bits per heavy atom. The number of nitrogens with zero attached hydrogens (tertiary/aromatic N) is 2. The smallest absolute Gasteiger partial charge is 0.254 e. The Morgan fingerprint density at radius 3 is 2.52 bits per heavy atom. The van der Waals surface area contributed by atoms with Crippen molar-refractivity contribution in [3.05, 3.63) is 52.0 Å². The topological polar surface area (TPSA) is 51.2 Å². The summed E-state index contributed by atoms with van der Waals surface area (Å²) in [5.74, 6) is 2.30. The molecule has 0 spiro atoms. The molecule has 4 rings (SSSR count). The van der Waals surface area contributed by atoms with Gasteiger partial charge in [0.05, 0.1) is 20.8 Å². The molecular formula is C25H32BrClN2O4. The second-order valence-electron chi connectivity index (χ2n) is 8.37. The first-order chi connectivity index (χ1) is 15.6. The van der Waals surface area contributed by atoms with Gasteiger partial charge in [-0.25, -0.2) is 0 Å². The molecule has 2 heterocycles. The minimum atomic E-state index is 0. The average Bonchev–Trinajstić information content (AvgIpc) is 2.82. The zero-order chi connectivity index (χ0) is 22.5. The molecule has 0 radical (unpaired) electrons. The molecule has 1 atom stereocenters. The molecule has 8 heteroatoms. The molecule has 0 saturated carbocycles. The van der Waals surface area contributed by atoms with Crippen LogP contribution in [0.25, 0.3) is 0 Å². The Bertz CT molecular complexity index is 941. The van der Waals surface area contributed by atoms with Crippen molar-refractivity contribution in [3.8, 4) is 17.2 Å². The highest BCUT2D eigenvalue weighted by Gasteiger charge is 2.33. The lowest BCUT2D eigenvalue weighted by Gasteiger charge is -2.41. The molecule has 1 amide bonds. The van der Waals surface area contributed by atoms with Gasteiger partial charge in [-0.05, 0) is 74.2 Å². The highest BCUT2D eigenvalue weighted by molar-refractivity contribution is 9.10. The van der Waals surface area contributed by atoms with E-state index in [2.05, 4.69) is 25.7 Å². The molecule has 0 bridgehead atoms. The first-order valence-corrected chi connectivity index (χ1v) is 12.0. The summed E-state index contributed by atoms with van der Waals surface area (Å²) in [6.45, 7) is 4.44. The number of carbonyl (C=O) groups excluding carboxylic acids is 1. The highest BCUT2D eigenvalue weighted by Crippen LogP contribution is 2.34. The zero-order valence-corrected chi connectivity index (χ0v) is 21.6. The summed E-state index contributed by atoms with van der Waals surface area (Å²) in [5, 5.41) is 0. The van der Waals surface area contributed by atoms with Crippen molar-refractivity contribution in [2.75, 3.05) is 47.0 Å². The summed E-state index contributed by atoms with van der Waals surface area (Å²) in [4.78, 5) is 17.9. The Morgan fingerprint density at radius 1 is 1.06 bits per heavy atom. The number of halogens is 2. The normalized spacial score (nSPS) is 18.3. The van der Waals surface area contributed by atoms with Gasteiger partial charge in [0.15, 0.2) is 11.5 Å². The molecule has 1 fully saturated rings. The van der Waals surface area contributed by atoms with Crippen molar-refractivity contribution in [2.45, 2.75) is 31.7 Å². The Balaban J connectivity index is 0.00000306. The van der Waals surface area contributed by atoms with Gasteiger partial charge in [0.2, 0.25) is 0 Å². The lowest BCUT2D eigenvalue weighted by molar-refractivity contribution is 0.0517. The van der Waals surface area contributed by atoms with Crippen molar-refractivity contribution in [1.82, 2.24) is 9.80 Å². The van der Waals surface area contributed by atoms with Crippen molar-refractivity contribution in [2.24, 2.45) is 0 Å². The highest BCUT2D eigenvalue weighted by atomic mass is 79.9. The molecule has 1 saturated heterocycles. The lowest BCUT2D eigenvalue weighted by Crippen LogP contribution is -2.52. The standard InChI is InChI=1S/C25H31BrN2O4.ClH/c1-30-23-15-18-10-13-28(25(29)22(18)16-24(23)31-2)20-5-3-11-27(17-20)12-4-14-32-21-8-6-19(26)7-9-21;/h6-9,15-16,20H,3-5,10-14,17H2,1-2H3;1H. The molecule has 180 valence electrons. The molecule has 6 nitrogen and oxygen atoms in total. The van der Waals surface area contributed by atoms with Gasteiger partial charge in [-0.2, -0.15) is 0 Å². The fourth-order valence-corrected chi connectivity index (χ4v) is 4.93. The van der Waals surface area contributed by atoms with Gasteiger partial charge in [0.1, 0.15) is 5.75 Å². The number of amides is 1. The molecule has 2 aliphatic heterocycles. The van der Waals surface area contributed by atoms with E-state index in [0.717, 1.165) is 73.2 Å². The van der Waals surface area contributed by atoms with Crippen molar-refractivity contribution in [1.29, 1.82) is 0 Å². The van der Waals surface area contributed by atoms with E-state index in [9.17, 15) is 4.79 Å². The summed E-state index contributed by atoms with van der Waals surface area (Å²) < 4.78 is 17.7. The summed E-state index contributed by atoms with van der Waals surface area (Å²) >= 11 is 3.44. The second kappa shape index (κ2) is 12.0. The predicted molar refractivity (Wildman–Crippen MR) is 135 cm³/mol. The number of hydrogen-bond acceptors (Lipinski definition) is 5. The summed E-state index contributed by atoms with van der Waals surface area (Å²) in [6, 6.07) is 12.0. The maximum Gasteiger partial charge on any atom is 0.254 e. The summed E-state index contributed by atoms with van der Waals surface area (Å²) in [7, 11) is 3.23. The van der Waals surface area contributed by atoms with E-state index < -0.39 is 0 Å². The third-order valence-electron chi connectivity index (χ3n) is 6.35. The first kappa shape index (κ1) is 25.7. The van der Waals surface area contributed by atoms with E-state index in [1.165, 1.54) is 0 Å². The third kappa shape index (κ3) is 6.14. The summed E-state index contributed by atoms with van der Waals surface area (Å²) in [6.07, 6.45) is 3.98. The minimum Gasteiger partial charge on any atom is -0.494 e. The van der Waals surface area contributed by atoms with Crippen LogP contribution in [-0.2, 0) is 6.42 Å². The Hall–Kier alpha value is -1.96. The van der Waals surface area contributed by atoms with E-state index in [4.69, 9.17) is 14.2 Å². The minimum absolute atomic E-state index is 0. The fraction of sp³-hybridized carbons (Fsp3) is 0.480. The van der Waals surface area contributed by atoms with E-state index in [-0.39, 0.29) is 24.4 Å². The van der Waals surface area contributed by atoms with Crippen LogP contribution in [0.5, 0.6) is 17.2 Å². The van der Waals surface area contributed by atoms with Gasteiger partial charge in [-0.15, -0.1) is 12.4 Å². The maximum absolute atomic E-state index is 13.3. The molecular weight excluding hydrogens is 508 g/mol. The van der Waals surface area contributed by atoms with Gasteiger partial charge < -0.3 is 24.0 Å².